The largest absolute Gasteiger partial charge is 0.394 e. The van der Waals surface area contributed by atoms with Crippen molar-refractivity contribution in [3.63, 3.8) is 0 Å². The number of fused-ring (bicyclic) bond motifs is 1. The number of amides is 3. The molecule has 8 heteroatoms. The third-order valence-electron chi connectivity index (χ3n) is 7.14. The highest BCUT2D eigenvalue weighted by atomic mass is 16.5. The first-order chi connectivity index (χ1) is 13.7. The molecule has 2 unspecified atom stereocenters. The molecule has 3 saturated heterocycles. The van der Waals surface area contributed by atoms with E-state index in [0.29, 0.717) is 19.4 Å². The Morgan fingerprint density at radius 1 is 1.31 bits per heavy atom. The Hall–Kier alpha value is -1.67. The predicted molar refractivity (Wildman–Crippen MR) is 107 cm³/mol. The lowest BCUT2D eigenvalue weighted by Crippen LogP contribution is -2.59. The van der Waals surface area contributed by atoms with E-state index in [4.69, 9.17) is 4.74 Å². The molecule has 3 rings (SSSR count). The molecule has 164 valence electrons. The maximum Gasteiger partial charge on any atom is 0.245 e. The van der Waals surface area contributed by atoms with Gasteiger partial charge < -0.3 is 25.4 Å². The van der Waals surface area contributed by atoms with Gasteiger partial charge in [0.1, 0.15) is 11.6 Å². The van der Waals surface area contributed by atoms with Crippen LogP contribution in [-0.4, -0.2) is 71.2 Å². The molecule has 0 aromatic carbocycles. The van der Waals surface area contributed by atoms with E-state index < -0.39 is 35.1 Å². The minimum absolute atomic E-state index is 0.0450. The molecule has 0 radical (unpaired) electrons. The number of hydrogen-bond acceptors (Lipinski definition) is 5. The van der Waals surface area contributed by atoms with Gasteiger partial charge in [0.05, 0.1) is 30.1 Å². The number of nitrogens with one attached hydrogen (secondary N) is 2. The standard InChI is InChI=1S/C21H35N3O5/c1-6-7-10-23-18(27)16-21-9-8-20(4,29-21)14(17(26)22-5)15(21)19(28)24(16)13(11-25)12(2)3/h12-16,25H,6-11H2,1-5H3,(H,22,26)(H,23,27)/t13-,14-,15-,16?,20+,21?/m0/s1. The SMILES string of the molecule is CCCCNC(=O)C1N([C@@H](CO)C(C)C)C(=O)[C@@H]2[C@@H](C(=O)NC)[C@@]3(C)CCC12O3. The van der Waals surface area contributed by atoms with Crippen LogP contribution in [0.5, 0.6) is 0 Å². The van der Waals surface area contributed by atoms with Gasteiger partial charge in [-0.2, -0.15) is 0 Å². The van der Waals surface area contributed by atoms with Gasteiger partial charge in [-0.3, -0.25) is 14.4 Å². The molecule has 6 atom stereocenters. The number of carbonyl (C=O) groups excluding carboxylic acids is 3. The summed E-state index contributed by atoms with van der Waals surface area (Å²) < 4.78 is 6.46. The van der Waals surface area contributed by atoms with Crippen LogP contribution in [0.15, 0.2) is 0 Å². The van der Waals surface area contributed by atoms with Crippen LogP contribution in [0.1, 0.15) is 53.4 Å². The Labute approximate surface area is 172 Å². The Kier molecular flexibility index (Phi) is 5.98. The lowest BCUT2D eigenvalue weighted by molar-refractivity contribution is -0.150. The van der Waals surface area contributed by atoms with Gasteiger partial charge in [0.15, 0.2) is 0 Å². The van der Waals surface area contributed by atoms with E-state index in [-0.39, 0.29) is 30.2 Å². The molecule has 3 amide bonds. The Morgan fingerprint density at radius 3 is 2.55 bits per heavy atom. The molecule has 0 aliphatic carbocycles. The van der Waals surface area contributed by atoms with Crippen LogP contribution in [0.25, 0.3) is 0 Å². The zero-order valence-electron chi connectivity index (χ0n) is 18.2. The monoisotopic (exact) mass is 409 g/mol. The van der Waals surface area contributed by atoms with Crippen LogP contribution in [0, 0.1) is 17.8 Å². The molecule has 3 heterocycles. The fourth-order valence-electron chi connectivity index (χ4n) is 5.68. The maximum absolute atomic E-state index is 13.7. The molecule has 0 saturated carbocycles. The summed E-state index contributed by atoms with van der Waals surface area (Å²) >= 11 is 0. The molecule has 3 aliphatic heterocycles. The van der Waals surface area contributed by atoms with Crippen LogP contribution in [0.4, 0.5) is 0 Å². The molecule has 8 nitrogen and oxygen atoms in total. The summed E-state index contributed by atoms with van der Waals surface area (Å²) in [4.78, 5) is 41.3. The number of unbranched alkanes of at least 4 members (excludes halogenated alkanes) is 1. The van der Waals surface area contributed by atoms with Crippen molar-refractivity contribution in [2.45, 2.75) is 76.7 Å². The van der Waals surface area contributed by atoms with Gasteiger partial charge in [-0.1, -0.05) is 27.2 Å². The van der Waals surface area contributed by atoms with E-state index >= 15 is 0 Å². The second-order valence-corrected chi connectivity index (χ2v) is 9.23. The van der Waals surface area contributed by atoms with Crippen molar-refractivity contribution in [3.05, 3.63) is 0 Å². The number of carbonyl (C=O) groups is 3. The number of hydrogen-bond donors (Lipinski definition) is 3. The minimum Gasteiger partial charge on any atom is -0.394 e. The highest BCUT2D eigenvalue weighted by Gasteiger charge is 2.78. The number of aliphatic hydroxyl groups excluding tert-OH is 1. The first kappa shape index (κ1) is 22.0. The second kappa shape index (κ2) is 7.87. The molecule has 0 aromatic rings. The first-order valence-electron chi connectivity index (χ1n) is 10.8. The van der Waals surface area contributed by atoms with Gasteiger partial charge in [-0.05, 0) is 32.1 Å². The van der Waals surface area contributed by atoms with Crippen molar-refractivity contribution in [1.29, 1.82) is 0 Å². The number of ether oxygens (including phenoxy) is 1. The lowest BCUT2D eigenvalue weighted by Gasteiger charge is -2.38. The lowest BCUT2D eigenvalue weighted by atomic mass is 9.66. The summed E-state index contributed by atoms with van der Waals surface area (Å²) in [6.07, 6.45) is 2.95. The van der Waals surface area contributed by atoms with Gasteiger partial charge in [0.25, 0.3) is 0 Å². The van der Waals surface area contributed by atoms with Gasteiger partial charge in [-0.25, -0.2) is 0 Å². The quantitative estimate of drug-likeness (QED) is 0.504. The summed E-state index contributed by atoms with van der Waals surface area (Å²) in [7, 11) is 1.56. The Balaban J connectivity index is 2.06. The Bertz CT molecular complexity index is 683. The van der Waals surface area contributed by atoms with Crippen LogP contribution in [-0.2, 0) is 19.1 Å². The van der Waals surface area contributed by atoms with E-state index in [0.717, 1.165) is 12.8 Å². The summed E-state index contributed by atoms with van der Waals surface area (Å²) in [5, 5.41) is 15.7. The highest BCUT2D eigenvalue weighted by Crippen LogP contribution is 2.63. The molecular formula is C21H35N3O5. The van der Waals surface area contributed by atoms with E-state index in [1.165, 1.54) is 4.90 Å². The van der Waals surface area contributed by atoms with E-state index in [9.17, 15) is 19.5 Å². The zero-order chi connectivity index (χ0) is 21.6. The third kappa shape index (κ3) is 3.15. The van der Waals surface area contributed by atoms with Crippen LogP contribution in [0.3, 0.4) is 0 Å². The van der Waals surface area contributed by atoms with E-state index in [1.54, 1.807) is 7.05 Å². The first-order valence-corrected chi connectivity index (χ1v) is 10.8. The van der Waals surface area contributed by atoms with Crippen molar-refractivity contribution < 1.29 is 24.2 Å². The van der Waals surface area contributed by atoms with E-state index in [2.05, 4.69) is 10.6 Å². The average Bonchev–Trinajstić information content (AvgIpc) is 3.23. The Morgan fingerprint density at radius 2 is 2.00 bits per heavy atom. The van der Waals surface area contributed by atoms with Gasteiger partial charge in [-0.15, -0.1) is 0 Å². The summed E-state index contributed by atoms with van der Waals surface area (Å²) in [6.45, 7) is 8.03. The fourth-order valence-corrected chi connectivity index (χ4v) is 5.68. The smallest absolute Gasteiger partial charge is 0.245 e. The number of aliphatic hydroxyl groups is 1. The molecule has 0 aromatic heterocycles. The molecule has 3 fully saturated rings. The molecule has 3 aliphatic rings. The van der Waals surface area contributed by atoms with Crippen molar-refractivity contribution >= 4 is 17.7 Å². The molecule has 1 spiro atoms. The van der Waals surface area contributed by atoms with Crippen molar-refractivity contribution in [1.82, 2.24) is 15.5 Å². The molecule has 29 heavy (non-hydrogen) atoms. The second-order valence-electron chi connectivity index (χ2n) is 9.23. The van der Waals surface area contributed by atoms with Crippen molar-refractivity contribution in [3.8, 4) is 0 Å². The maximum atomic E-state index is 13.7. The highest BCUT2D eigenvalue weighted by molar-refractivity contribution is 5.99. The topological polar surface area (TPSA) is 108 Å². The zero-order valence-corrected chi connectivity index (χ0v) is 18.2. The summed E-state index contributed by atoms with van der Waals surface area (Å²) in [6, 6.07) is -1.35. The molecule has 2 bridgehead atoms. The van der Waals surface area contributed by atoms with Gasteiger partial charge >= 0.3 is 0 Å². The normalized spacial score (nSPS) is 36.4. The van der Waals surface area contributed by atoms with Crippen molar-refractivity contribution in [2.75, 3.05) is 20.2 Å². The van der Waals surface area contributed by atoms with Crippen LogP contribution in [0.2, 0.25) is 0 Å². The van der Waals surface area contributed by atoms with Crippen LogP contribution < -0.4 is 10.6 Å². The third-order valence-corrected chi connectivity index (χ3v) is 7.14. The van der Waals surface area contributed by atoms with E-state index in [1.807, 2.05) is 27.7 Å². The van der Waals surface area contributed by atoms with Gasteiger partial charge in [0.2, 0.25) is 17.7 Å². The number of nitrogens with zero attached hydrogens (tertiary/aromatic N) is 1. The molecular weight excluding hydrogens is 374 g/mol. The number of likely N-dealkylation sites (tertiary alicyclic amines) is 1. The molecule has 3 N–H and O–H groups in total. The van der Waals surface area contributed by atoms with Crippen molar-refractivity contribution in [2.24, 2.45) is 17.8 Å². The van der Waals surface area contributed by atoms with Gasteiger partial charge in [0, 0.05) is 13.6 Å². The fraction of sp³-hybridized carbons (Fsp3) is 0.857. The van der Waals surface area contributed by atoms with Crippen LogP contribution >= 0.6 is 0 Å². The summed E-state index contributed by atoms with van der Waals surface area (Å²) in [5.74, 6) is -2.14. The predicted octanol–water partition coefficient (Wildman–Crippen LogP) is 0.430. The average molecular weight is 410 g/mol. The number of rotatable bonds is 8. The summed E-state index contributed by atoms with van der Waals surface area (Å²) in [5.41, 5.74) is -1.79. The minimum atomic E-state index is -1.03.